The molecule has 3 rings (SSSR count). The predicted octanol–water partition coefficient (Wildman–Crippen LogP) is 6.52. The van der Waals surface area contributed by atoms with Gasteiger partial charge in [-0.25, -0.2) is 4.39 Å². The van der Waals surface area contributed by atoms with E-state index < -0.39 is 0 Å². The van der Waals surface area contributed by atoms with E-state index in [2.05, 4.69) is 6.92 Å². The third-order valence-electron chi connectivity index (χ3n) is 5.26. The van der Waals surface area contributed by atoms with Crippen LogP contribution in [0, 0.1) is 5.82 Å². The molecule has 1 saturated heterocycles. The van der Waals surface area contributed by atoms with Gasteiger partial charge in [0.15, 0.2) is 5.75 Å². The smallest absolute Gasteiger partial charge is 0.254 e. The Bertz CT molecular complexity index is 847. The van der Waals surface area contributed by atoms with Crippen molar-refractivity contribution in [2.24, 2.45) is 0 Å². The summed E-state index contributed by atoms with van der Waals surface area (Å²) < 4.78 is 24.8. The van der Waals surface area contributed by atoms with Crippen LogP contribution < -0.4 is 4.74 Å². The SMILES string of the molecule is CCCCCOc1c(Cl)cc(C(=O)N(Cc2ccc(F)cc2)CC2CCCO2)cc1Cl. The summed E-state index contributed by atoms with van der Waals surface area (Å²) >= 11 is 12.8. The molecule has 0 aliphatic carbocycles. The Labute approximate surface area is 193 Å². The molecule has 2 aromatic rings. The van der Waals surface area contributed by atoms with Crippen LogP contribution in [0.1, 0.15) is 54.9 Å². The lowest BCUT2D eigenvalue weighted by molar-refractivity contribution is 0.0507. The number of ether oxygens (including phenoxy) is 2. The van der Waals surface area contributed by atoms with Crippen LogP contribution in [-0.2, 0) is 11.3 Å². The Morgan fingerprint density at radius 2 is 1.90 bits per heavy atom. The fraction of sp³-hybridized carbons (Fsp3) is 0.458. The lowest BCUT2D eigenvalue weighted by atomic mass is 10.1. The molecule has 0 bridgehead atoms. The highest BCUT2D eigenvalue weighted by molar-refractivity contribution is 6.37. The van der Waals surface area contributed by atoms with Crippen LogP contribution >= 0.6 is 23.2 Å². The van der Waals surface area contributed by atoms with E-state index in [0.717, 1.165) is 37.7 Å². The molecule has 1 aliphatic heterocycles. The fourth-order valence-corrected chi connectivity index (χ4v) is 4.19. The van der Waals surface area contributed by atoms with Gasteiger partial charge in [-0.2, -0.15) is 0 Å². The average Bonchev–Trinajstić information content (AvgIpc) is 3.26. The van der Waals surface area contributed by atoms with E-state index in [4.69, 9.17) is 32.7 Å². The number of hydrogen-bond acceptors (Lipinski definition) is 3. The number of carbonyl (C=O) groups is 1. The molecule has 31 heavy (non-hydrogen) atoms. The second-order valence-corrected chi connectivity index (χ2v) is 8.59. The highest BCUT2D eigenvalue weighted by Gasteiger charge is 2.25. The molecule has 2 aromatic carbocycles. The van der Waals surface area contributed by atoms with Crippen molar-refractivity contribution >= 4 is 29.1 Å². The zero-order valence-corrected chi connectivity index (χ0v) is 19.2. The minimum atomic E-state index is -0.311. The minimum Gasteiger partial charge on any atom is -0.490 e. The second-order valence-electron chi connectivity index (χ2n) is 7.77. The molecule has 1 heterocycles. The van der Waals surface area contributed by atoms with E-state index in [1.165, 1.54) is 12.1 Å². The second kappa shape index (κ2) is 11.7. The molecule has 0 N–H and O–H groups in total. The molecule has 168 valence electrons. The van der Waals surface area contributed by atoms with Crippen molar-refractivity contribution in [3.05, 3.63) is 63.4 Å². The highest BCUT2D eigenvalue weighted by Crippen LogP contribution is 2.35. The first kappa shape index (κ1) is 23.8. The van der Waals surface area contributed by atoms with E-state index >= 15 is 0 Å². The van der Waals surface area contributed by atoms with Crippen LogP contribution in [0.15, 0.2) is 36.4 Å². The lowest BCUT2D eigenvalue weighted by Crippen LogP contribution is -2.37. The fourth-order valence-electron chi connectivity index (χ4n) is 3.59. The van der Waals surface area contributed by atoms with Gasteiger partial charge in [0.05, 0.1) is 22.8 Å². The van der Waals surface area contributed by atoms with E-state index in [9.17, 15) is 9.18 Å². The van der Waals surface area contributed by atoms with Gasteiger partial charge in [-0.1, -0.05) is 55.1 Å². The topological polar surface area (TPSA) is 38.8 Å². The summed E-state index contributed by atoms with van der Waals surface area (Å²) in [5, 5.41) is 0.623. The number of amides is 1. The van der Waals surface area contributed by atoms with Crippen molar-refractivity contribution in [1.29, 1.82) is 0 Å². The molecule has 7 heteroatoms. The van der Waals surface area contributed by atoms with Crippen molar-refractivity contribution in [1.82, 2.24) is 4.90 Å². The molecule has 1 aliphatic rings. The van der Waals surface area contributed by atoms with Crippen LogP contribution in [0.25, 0.3) is 0 Å². The Balaban J connectivity index is 1.77. The summed E-state index contributed by atoms with van der Waals surface area (Å²) in [6, 6.07) is 9.33. The van der Waals surface area contributed by atoms with E-state index in [0.29, 0.717) is 47.7 Å². The average molecular weight is 468 g/mol. The predicted molar refractivity (Wildman–Crippen MR) is 122 cm³/mol. The molecule has 4 nitrogen and oxygen atoms in total. The van der Waals surface area contributed by atoms with E-state index in [1.807, 2.05) is 0 Å². The number of hydrogen-bond donors (Lipinski definition) is 0. The molecule has 0 spiro atoms. The first-order valence-corrected chi connectivity index (χ1v) is 11.5. The molecule has 1 fully saturated rings. The quantitative estimate of drug-likeness (QED) is 0.373. The maximum Gasteiger partial charge on any atom is 0.254 e. The molecular formula is C24H28Cl2FNO3. The monoisotopic (exact) mass is 467 g/mol. The van der Waals surface area contributed by atoms with Crippen LogP contribution in [0.3, 0.4) is 0 Å². The van der Waals surface area contributed by atoms with Crippen molar-refractivity contribution in [2.75, 3.05) is 19.8 Å². The zero-order chi connectivity index (χ0) is 22.2. The van der Waals surface area contributed by atoms with Crippen LogP contribution in [0.5, 0.6) is 5.75 Å². The van der Waals surface area contributed by atoms with Crippen LogP contribution in [0.4, 0.5) is 4.39 Å². The third kappa shape index (κ3) is 6.83. The van der Waals surface area contributed by atoms with Gasteiger partial charge in [-0.3, -0.25) is 4.79 Å². The Morgan fingerprint density at radius 1 is 1.19 bits per heavy atom. The van der Waals surface area contributed by atoms with Crippen LogP contribution in [0.2, 0.25) is 10.0 Å². The first-order chi connectivity index (χ1) is 15.0. The minimum absolute atomic E-state index is 0.0171. The maximum atomic E-state index is 13.4. The van der Waals surface area contributed by atoms with Gasteiger partial charge in [-0.15, -0.1) is 0 Å². The zero-order valence-electron chi connectivity index (χ0n) is 17.7. The Kier molecular flexibility index (Phi) is 9.00. The van der Waals surface area contributed by atoms with Crippen LogP contribution in [-0.4, -0.2) is 36.7 Å². The van der Waals surface area contributed by atoms with Gasteiger partial charge < -0.3 is 14.4 Å². The van der Waals surface area contributed by atoms with Gasteiger partial charge in [0.25, 0.3) is 5.91 Å². The molecular weight excluding hydrogens is 440 g/mol. The highest BCUT2D eigenvalue weighted by atomic mass is 35.5. The summed E-state index contributed by atoms with van der Waals surface area (Å²) in [6.07, 6.45) is 4.93. The number of halogens is 3. The molecule has 0 radical (unpaired) electrons. The molecule has 1 amide bonds. The molecule has 0 aromatic heterocycles. The van der Waals surface area contributed by atoms with Crippen molar-refractivity contribution in [3.63, 3.8) is 0 Å². The van der Waals surface area contributed by atoms with E-state index in [1.54, 1.807) is 29.2 Å². The number of carbonyl (C=O) groups excluding carboxylic acids is 1. The molecule has 1 unspecified atom stereocenters. The maximum absolute atomic E-state index is 13.4. The Hall–Kier alpha value is -1.82. The third-order valence-corrected chi connectivity index (χ3v) is 5.82. The number of benzene rings is 2. The largest absolute Gasteiger partial charge is 0.490 e. The van der Waals surface area contributed by atoms with Gasteiger partial charge >= 0.3 is 0 Å². The number of rotatable bonds is 10. The summed E-state index contributed by atoms with van der Waals surface area (Å²) in [6.45, 7) is 4.13. The lowest BCUT2D eigenvalue weighted by Gasteiger charge is -2.26. The number of unbranched alkanes of at least 4 members (excludes halogenated alkanes) is 2. The van der Waals surface area contributed by atoms with Crippen molar-refractivity contribution in [3.8, 4) is 5.75 Å². The van der Waals surface area contributed by atoms with Crippen molar-refractivity contribution in [2.45, 2.75) is 51.7 Å². The van der Waals surface area contributed by atoms with Gasteiger partial charge in [0.1, 0.15) is 5.82 Å². The van der Waals surface area contributed by atoms with Crippen molar-refractivity contribution < 1.29 is 18.7 Å². The molecule has 0 saturated carbocycles. The van der Waals surface area contributed by atoms with Gasteiger partial charge in [-0.05, 0) is 49.1 Å². The summed E-state index contributed by atoms with van der Waals surface area (Å²) in [5.74, 6) is -0.116. The Morgan fingerprint density at radius 3 is 2.52 bits per heavy atom. The molecule has 1 atom stereocenters. The number of nitrogens with zero attached hydrogens (tertiary/aromatic N) is 1. The van der Waals surface area contributed by atoms with Gasteiger partial charge in [0, 0.05) is 25.3 Å². The standard InChI is InChI=1S/C24H28Cl2FNO3/c1-2-3-4-11-31-23-21(25)13-18(14-22(23)26)24(29)28(16-20-6-5-12-30-20)15-17-7-9-19(27)10-8-17/h7-10,13-14,20H,2-6,11-12,15-16H2,1H3. The summed E-state index contributed by atoms with van der Waals surface area (Å²) in [5.41, 5.74) is 1.22. The normalized spacial score (nSPS) is 15.8. The summed E-state index contributed by atoms with van der Waals surface area (Å²) in [7, 11) is 0. The van der Waals surface area contributed by atoms with Gasteiger partial charge in [0.2, 0.25) is 0 Å². The summed E-state index contributed by atoms with van der Waals surface area (Å²) in [4.78, 5) is 15.1. The van der Waals surface area contributed by atoms with E-state index in [-0.39, 0.29) is 17.8 Å². The first-order valence-electron chi connectivity index (χ1n) is 10.7.